The van der Waals surface area contributed by atoms with Crippen LogP contribution in [0.5, 0.6) is 0 Å². The molecule has 3 rings (SSSR count). The monoisotopic (exact) mass is 314 g/mol. The molecular weight excluding hydrogens is 296 g/mol. The first-order chi connectivity index (χ1) is 9.82. The largest absolute Gasteiger partial charge is 0.330 e. The summed E-state index contributed by atoms with van der Waals surface area (Å²) in [7, 11) is -1.14. The molecule has 1 aromatic heterocycles. The molecule has 8 nitrogen and oxygen atoms in total. The van der Waals surface area contributed by atoms with Gasteiger partial charge >= 0.3 is 5.69 Å². The van der Waals surface area contributed by atoms with Gasteiger partial charge in [-0.25, -0.2) is 13.2 Å². The van der Waals surface area contributed by atoms with Crippen LogP contribution in [0.4, 0.5) is 0 Å². The maximum atomic E-state index is 12.7. The number of nitrogens with one attached hydrogen (secondary N) is 1. The van der Waals surface area contributed by atoms with Gasteiger partial charge in [0.1, 0.15) is 0 Å². The summed E-state index contributed by atoms with van der Waals surface area (Å²) < 4.78 is 28.7. The van der Waals surface area contributed by atoms with Crippen LogP contribution in [0.25, 0.3) is 0 Å². The minimum atomic E-state index is -3.86. The number of hydrogen-bond acceptors (Lipinski definition) is 5. The molecule has 0 radical (unpaired) electrons. The lowest BCUT2D eigenvalue weighted by atomic mass is 10.0. The zero-order valence-corrected chi connectivity index (χ0v) is 12.8. The second kappa shape index (κ2) is 4.79. The molecule has 0 aliphatic carbocycles. The van der Waals surface area contributed by atoms with Gasteiger partial charge < -0.3 is 9.88 Å². The molecule has 3 heterocycles. The summed E-state index contributed by atoms with van der Waals surface area (Å²) >= 11 is 0. The van der Waals surface area contributed by atoms with Crippen molar-refractivity contribution < 1.29 is 8.42 Å². The average Bonchev–Trinajstić information content (AvgIpc) is 3.01. The van der Waals surface area contributed by atoms with Gasteiger partial charge in [-0.15, -0.1) is 0 Å². The lowest BCUT2D eigenvalue weighted by molar-refractivity contribution is 0.445. The molecule has 9 heteroatoms. The van der Waals surface area contributed by atoms with E-state index in [4.69, 9.17) is 0 Å². The van der Waals surface area contributed by atoms with Crippen LogP contribution < -0.4 is 16.6 Å². The minimum Gasteiger partial charge on any atom is -0.316 e. The molecule has 2 aliphatic heterocycles. The van der Waals surface area contributed by atoms with Gasteiger partial charge in [0.15, 0.2) is 4.90 Å². The fourth-order valence-electron chi connectivity index (χ4n) is 3.10. The van der Waals surface area contributed by atoms with Crippen LogP contribution in [0.1, 0.15) is 0 Å². The van der Waals surface area contributed by atoms with E-state index in [2.05, 4.69) is 5.32 Å². The van der Waals surface area contributed by atoms with Crippen molar-refractivity contribution in [3.8, 4) is 0 Å². The quantitative estimate of drug-likeness (QED) is 0.676. The predicted octanol–water partition coefficient (Wildman–Crippen LogP) is -2.08. The lowest BCUT2D eigenvalue weighted by Gasteiger charge is -2.17. The first kappa shape index (κ1) is 14.5. The van der Waals surface area contributed by atoms with E-state index in [1.807, 2.05) is 0 Å². The van der Waals surface area contributed by atoms with Crippen LogP contribution in [0.15, 0.2) is 20.7 Å². The average molecular weight is 314 g/mol. The first-order valence-electron chi connectivity index (χ1n) is 6.80. The van der Waals surface area contributed by atoms with Crippen LogP contribution >= 0.6 is 0 Å². The van der Waals surface area contributed by atoms with Gasteiger partial charge in [0.2, 0.25) is 10.0 Å². The highest BCUT2D eigenvalue weighted by molar-refractivity contribution is 7.89. The van der Waals surface area contributed by atoms with E-state index >= 15 is 0 Å². The molecule has 21 heavy (non-hydrogen) atoms. The van der Waals surface area contributed by atoms with Crippen molar-refractivity contribution in [3.05, 3.63) is 27.0 Å². The highest BCUT2D eigenvalue weighted by Gasteiger charge is 2.42. The van der Waals surface area contributed by atoms with E-state index in [9.17, 15) is 18.0 Å². The normalized spacial score (nSPS) is 26.2. The van der Waals surface area contributed by atoms with Gasteiger partial charge in [-0.05, 0) is 24.9 Å². The van der Waals surface area contributed by atoms with Gasteiger partial charge in [0.05, 0.1) is 0 Å². The Morgan fingerprint density at radius 2 is 1.71 bits per heavy atom. The summed E-state index contributed by atoms with van der Waals surface area (Å²) in [6, 6.07) is 0. The standard InChI is InChI=1S/C12H18N4O4S/c1-14-7-10(11(17)15(2)12(14)18)21(19,20)16-5-8-3-13-4-9(8)6-16/h7-9,13H,3-6H2,1-2H3/t8-,9+. The fraction of sp³-hybridized carbons (Fsp3) is 0.667. The molecule has 2 fully saturated rings. The molecule has 1 aromatic rings. The zero-order chi connectivity index (χ0) is 15.4. The van der Waals surface area contributed by atoms with Crippen molar-refractivity contribution >= 4 is 10.0 Å². The molecule has 2 saturated heterocycles. The molecule has 0 amide bonds. The number of hydrogen-bond donors (Lipinski definition) is 1. The van der Waals surface area contributed by atoms with Crippen molar-refractivity contribution in [1.29, 1.82) is 0 Å². The Morgan fingerprint density at radius 3 is 2.29 bits per heavy atom. The third-order valence-corrected chi connectivity index (χ3v) is 6.20. The molecule has 116 valence electrons. The van der Waals surface area contributed by atoms with Gasteiger partial charge in [-0.2, -0.15) is 4.31 Å². The van der Waals surface area contributed by atoms with E-state index in [1.54, 1.807) is 0 Å². The van der Waals surface area contributed by atoms with Gasteiger partial charge in [0.25, 0.3) is 5.56 Å². The van der Waals surface area contributed by atoms with Crippen molar-refractivity contribution in [2.24, 2.45) is 25.9 Å². The smallest absolute Gasteiger partial charge is 0.316 e. The molecule has 0 saturated carbocycles. The Hall–Kier alpha value is -1.45. The molecule has 0 unspecified atom stereocenters. The lowest BCUT2D eigenvalue weighted by Crippen LogP contribution is -2.42. The van der Waals surface area contributed by atoms with Crippen LogP contribution in [0.3, 0.4) is 0 Å². The third kappa shape index (κ3) is 2.16. The Balaban J connectivity index is 2.04. The Kier molecular flexibility index (Phi) is 3.30. The van der Waals surface area contributed by atoms with Gasteiger partial charge in [-0.3, -0.25) is 9.36 Å². The van der Waals surface area contributed by atoms with Crippen molar-refractivity contribution in [2.75, 3.05) is 26.2 Å². The van der Waals surface area contributed by atoms with E-state index in [0.717, 1.165) is 28.4 Å². The summed E-state index contributed by atoms with van der Waals surface area (Å²) in [5.41, 5.74) is -1.31. The van der Waals surface area contributed by atoms with Gasteiger partial charge in [0, 0.05) is 33.4 Å². The number of fused-ring (bicyclic) bond motifs is 1. The zero-order valence-electron chi connectivity index (χ0n) is 11.9. The maximum Gasteiger partial charge on any atom is 0.330 e. The summed E-state index contributed by atoms with van der Waals surface area (Å²) in [4.78, 5) is 23.4. The third-order valence-electron chi connectivity index (χ3n) is 4.39. The Morgan fingerprint density at radius 1 is 1.14 bits per heavy atom. The van der Waals surface area contributed by atoms with Crippen molar-refractivity contribution in [2.45, 2.75) is 4.90 Å². The first-order valence-corrected chi connectivity index (χ1v) is 8.24. The molecule has 0 spiro atoms. The molecule has 2 aliphatic rings. The second-order valence-electron chi connectivity index (χ2n) is 5.75. The summed E-state index contributed by atoms with van der Waals surface area (Å²) in [6.07, 6.45) is 1.12. The number of sulfonamides is 1. The van der Waals surface area contributed by atoms with E-state index in [1.165, 1.54) is 18.4 Å². The highest BCUT2D eigenvalue weighted by Crippen LogP contribution is 2.29. The van der Waals surface area contributed by atoms with E-state index < -0.39 is 21.3 Å². The van der Waals surface area contributed by atoms with Crippen LogP contribution in [0.2, 0.25) is 0 Å². The van der Waals surface area contributed by atoms with Crippen LogP contribution in [-0.2, 0) is 24.1 Å². The summed E-state index contributed by atoms with van der Waals surface area (Å²) in [5, 5.41) is 3.24. The maximum absolute atomic E-state index is 12.7. The number of nitrogens with zero attached hydrogens (tertiary/aromatic N) is 3. The van der Waals surface area contributed by atoms with E-state index in [-0.39, 0.29) is 4.90 Å². The number of aromatic nitrogens is 2. The van der Waals surface area contributed by atoms with E-state index in [0.29, 0.717) is 24.9 Å². The number of rotatable bonds is 2. The predicted molar refractivity (Wildman–Crippen MR) is 75.5 cm³/mol. The SMILES string of the molecule is Cn1cc(S(=O)(=O)N2C[C@H]3CNC[C@H]3C2)c(=O)n(C)c1=O. The minimum absolute atomic E-state index is 0.302. The Bertz CT molecular complexity index is 782. The molecule has 0 bridgehead atoms. The topological polar surface area (TPSA) is 93.4 Å². The molecular formula is C12H18N4O4S. The Labute approximate surface area is 122 Å². The molecule has 2 atom stereocenters. The van der Waals surface area contributed by atoms with Gasteiger partial charge in [-0.1, -0.05) is 0 Å². The number of aryl methyl sites for hydroxylation is 1. The molecule has 0 aromatic carbocycles. The summed E-state index contributed by atoms with van der Waals surface area (Å²) in [5.74, 6) is 0.604. The van der Waals surface area contributed by atoms with Crippen molar-refractivity contribution in [1.82, 2.24) is 18.8 Å². The van der Waals surface area contributed by atoms with Crippen LogP contribution in [-0.4, -0.2) is 48.0 Å². The fourth-order valence-corrected chi connectivity index (χ4v) is 4.80. The highest BCUT2D eigenvalue weighted by atomic mass is 32.2. The summed E-state index contributed by atoms with van der Waals surface area (Å²) in [6.45, 7) is 2.46. The van der Waals surface area contributed by atoms with Crippen molar-refractivity contribution in [3.63, 3.8) is 0 Å². The molecule has 1 N–H and O–H groups in total. The van der Waals surface area contributed by atoms with Crippen LogP contribution in [0, 0.1) is 11.8 Å². The second-order valence-corrected chi connectivity index (χ2v) is 7.66.